The lowest BCUT2D eigenvalue weighted by atomic mass is 9.85. The van der Waals surface area contributed by atoms with Gasteiger partial charge >= 0.3 is 0 Å². The van der Waals surface area contributed by atoms with Gasteiger partial charge in [0.2, 0.25) is 6.41 Å². The van der Waals surface area contributed by atoms with Gasteiger partial charge in [-0.25, -0.2) is 0 Å². The second kappa shape index (κ2) is 9.79. The fourth-order valence-corrected chi connectivity index (χ4v) is 4.45. The Morgan fingerprint density at radius 2 is 1.33 bits per heavy atom. The maximum Gasteiger partial charge on any atom is 0.209 e. The molecule has 2 heterocycles. The molecule has 0 aromatic heterocycles. The number of rotatable bonds is 4. The van der Waals surface area contributed by atoms with Crippen LogP contribution >= 0.6 is 0 Å². The third-order valence-corrected chi connectivity index (χ3v) is 6.64. The largest absolute Gasteiger partial charge is 0.345 e. The van der Waals surface area contributed by atoms with E-state index in [1.807, 2.05) is 4.90 Å². The normalized spacial score (nSPS) is 24.7. The molecule has 140 valence electrons. The third kappa shape index (κ3) is 5.75. The van der Waals surface area contributed by atoms with Gasteiger partial charge in [0, 0.05) is 19.1 Å². The third-order valence-electron chi connectivity index (χ3n) is 6.64. The molecule has 0 N–H and O–H groups in total. The first-order valence-electron chi connectivity index (χ1n) is 10.4. The molecule has 0 unspecified atom stereocenters. The Bertz CT molecular complexity index is 349. The summed E-state index contributed by atoms with van der Waals surface area (Å²) in [6.45, 7) is 13.9. The molecule has 0 aromatic rings. The van der Waals surface area contributed by atoms with Gasteiger partial charge in [-0.05, 0) is 62.4 Å². The summed E-state index contributed by atoms with van der Waals surface area (Å²) in [5, 5.41) is 0. The van der Waals surface area contributed by atoms with Gasteiger partial charge in [-0.1, -0.05) is 47.0 Å². The van der Waals surface area contributed by atoms with E-state index in [9.17, 15) is 4.79 Å². The summed E-state index contributed by atoms with van der Waals surface area (Å²) in [6.07, 6.45) is 11.2. The quantitative estimate of drug-likeness (QED) is 0.710. The molecule has 24 heavy (non-hydrogen) atoms. The number of likely N-dealkylation sites (tertiary alicyclic amines) is 2. The van der Waals surface area contributed by atoms with Crippen LogP contribution in [0.1, 0.15) is 72.6 Å². The predicted octanol–water partition coefficient (Wildman–Crippen LogP) is 4.42. The van der Waals surface area contributed by atoms with Crippen molar-refractivity contribution in [3.05, 3.63) is 0 Å². The monoisotopic (exact) mass is 336 g/mol. The molecule has 0 bridgehead atoms. The number of nitrogens with zero attached hydrogens (tertiary/aromatic N) is 2. The minimum Gasteiger partial charge on any atom is -0.345 e. The predicted molar refractivity (Wildman–Crippen MR) is 102 cm³/mol. The van der Waals surface area contributed by atoms with Crippen LogP contribution in [-0.4, -0.2) is 48.4 Å². The summed E-state index contributed by atoms with van der Waals surface area (Å²) < 4.78 is 0. The SMILES string of the molecule is CC(C)C1CCN(C2CCCCC2)CC1.CC(C)C1CN(C=O)C1. The van der Waals surface area contributed by atoms with Crippen LogP contribution in [0.5, 0.6) is 0 Å². The highest BCUT2D eigenvalue weighted by atomic mass is 16.1. The maximum atomic E-state index is 10.1. The number of amides is 1. The van der Waals surface area contributed by atoms with E-state index in [2.05, 4.69) is 32.6 Å². The summed E-state index contributed by atoms with van der Waals surface area (Å²) in [4.78, 5) is 14.7. The van der Waals surface area contributed by atoms with Crippen molar-refractivity contribution in [2.75, 3.05) is 26.2 Å². The zero-order valence-electron chi connectivity index (χ0n) is 16.5. The minimum absolute atomic E-state index is 0.737. The van der Waals surface area contributed by atoms with Gasteiger partial charge < -0.3 is 9.80 Å². The smallest absolute Gasteiger partial charge is 0.209 e. The Labute approximate surface area is 150 Å². The van der Waals surface area contributed by atoms with Crippen molar-refractivity contribution < 1.29 is 4.79 Å². The highest BCUT2D eigenvalue weighted by molar-refractivity contribution is 5.48. The first-order chi connectivity index (χ1) is 11.5. The number of piperidine rings is 1. The molecular weight excluding hydrogens is 296 g/mol. The van der Waals surface area contributed by atoms with Gasteiger partial charge in [0.15, 0.2) is 0 Å². The molecule has 0 spiro atoms. The Hall–Kier alpha value is -0.570. The summed E-state index contributed by atoms with van der Waals surface area (Å²) in [5.41, 5.74) is 0. The van der Waals surface area contributed by atoms with E-state index in [0.29, 0.717) is 0 Å². The van der Waals surface area contributed by atoms with Crippen LogP contribution in [0.4, 0.5) is 0 Å². The Balaban J connectivity index is 0.000000198. The summed E-state index contributed by atoms with van der Waals surface area (Å²) >= 11 is 0. The lowest BCUT2D eigenvalue weighted by molar-refractivity contribution is -0.124. The van der Waals surface area contributed by atoms with E-state index in [1.54, 1.807) is 0 Å². The zero-order valence-corrected chi connectivity index (χ0v) is 16.5. The molecule has 0 aromatic carbocycles. The number of hydrogen-bond acceptors (Lipinski definition) is 2. The average molecular weight is 337 g/mol. The van der Waals surface area contributed by atoms with Gasteiger partial charge in [-0.3, -0.25) is 4.79 Å². The van der Waals surface area contributed by atoms with Gasteiger partial charge in [0.25, 0.3) is 0 Å². The zero-order chi connectivity index (χ0) is 17.5. The molecular formula is C21H40N2O. The first-order valence-corrected chi connectivity index (χ1v) is 10.4. The first kappa shape index (κ1) is 19.8. The Morgan fingerprint density at radius 1 is 0.792 bits per heavy atom. The molecule has 2 saturated heterocycles. The van der Waals surface area contributed by atoms with Crippen molar-refractivity contribution in [1.29, 1.82) is 0 Å². The molecule has 2 aliphatic heterocycles. The van der Waals surface area contributed by atoms with Crippen molar-refractivity contribution in [2.24, 2.45) is 23.7 Å². The van der Waals surface area contributed by atoms with Gasteiger partial charge in [0.05, 0.1) is 0 Å². The van der Waals surface area contributed by atoms with Crippen molar-refractivity contribution >= 4 is 6.41 Å². The van der Waals surface area contributed by atoms with Crippen molar-refractivity contribution in [1.82, 2.24) is 9.80 Å². The number of hydrogen-bond donors (Lipinski definition) is 0. The molecule has 3 heteroatoms. The van der Waals surface area contributed by atoms with Crippen LogP contribution in [-0.2, 0) is 4.79 Å². The molecule has 3 nitrogen and oxygen atoms in total. The molecule has 0 atom stereocenters. The van der Waals surface area contributed by atoms with Gasteiger partial charge in [0.1, 0.15) is 0 Å². The summed E-state index contributed by atoms with van der Waals surface area (Å²) in [6, 6.07) is 0.951. The second-order valence-electron chi connectivity index (χ2n) is 8.97. The highest BCUT2D eigenvalue weighted by Gasteiger charge is 2.28. The molecule has 3 fully saturated rings. The second-order valence-corrected chi connectivity index (χ2v) is 8.97. The molecule has 1 amide bonds. The standard InChI is InChI=1S/C14H27N.C7H13NO/c1-12(2)13-8-10-15(11-9-13)14-6-4-3-5-7-14;1-6(2)7-3-8(4-7)5-9/h12-14H,3-11H2,1-2H3;5-7H,3-4H2,1-2H3. The molecule has 1 saturated carbocycles. The van der Waals surface area contributed by atoms with Gasteiger partial charge in [-0.2, -0.15) is 0 Å². The van der Waals surface area contributed by atoms with E-state index in [4.69, 9.17) is 0 Å². The summed E-state index contributed by atoms with van der Waals surface area (Å²) in [5.74, 6) is 3.40. The molecule has 0 radical (unpaired) electrons. The van der Waals surface area contributed by atoms with E-state index in [0.717, 1.165) is 49.2 Å². The fourth-order valence-electron chi connectivity index (χ4n) is 4.45. The van der Waals surface area contributed by atoms with Gasteiger partial charge in [-0.15, -0.1) is 0 Å². The maximum absolute atomic E-state index is 10.1. The molecule has 3 aliphatic rings. The van der Waals surface area contributed by atoms with E-state index in [-0.39, 0.29) is 0 Å². The van der Waals surface area contributed by atoms with Crippen LogP contribution in [0, 0.1) is 23.7 Å². The van der Waals surface area contributed by atoms with Crippen molar-refractivity contribution in [3.63, 3.8) is 0 Å². The van der Waals surface area contributed by atoms with Crippen LogP contribution in [0.15, 0.2) is 0 Å². The van der Waals surface area contributed by atoms with E-state index < -0.39 is 0 Å². The van der Waals surface area contributed by atoms with Crippen molar-refractivity contribution in [2.45, 2.75) is 78.7 Å². The lowest BCUT2D eigenvalue weighted by Crippen LogP contribution is -2.47. The lowest BCUT2D eigenvalue weighted by Gasteiger charge is -2.40. The van der Waals surface area contributed by atoms with Crippen LogP contribution < -0.4 is 0 Å². The topological polar surface area (TPSA) is 23.6 Å². The number of carbonyl (C=O) groups excluding carboxylic acids is 1. The summed E-state index contributed by atoms with van der Waals surface area (Å²) in [7, 11) is 0. The molecule has 3 rings (SSSR count). The van der Waals surface area contributed by atoms with Crippen LogP contribution in [0.25, 0.3) is 0 Å². The minimum atomic E-state index is 0.737. The highest BCUT2D eigenvalue weighted by Crippen LogP contribution is 2.29. The van der Waals surface area contributed by atoms with Crippen molar-refractivity contribution in [3.8, 4) is 0 Å². The van der Waals surface area contributed by atoms with E-state index >= 15 is 0 Å². The average Bonchev–Trinajstić information content (AvgIpc) is 2.55. The Morgan fingerprint density at radius 3 is 1.79 bits per heavy atom. The molecule has 1 aliphatic carbocycles. The Kier molecular flexibility index (Phi) is 8.06. The van der Waals surface area contributed by atoms with Crippen LogP contribution in [0.2, 0.25) is 0 Å². The fraction of sp³-hybridized carbons (Fsp3) is 0.952. The number of carbonyl (C=O) groups is 1. The van der Waals surface area contributed by atoms with Crippen LogP contribution in [0.3, 0.4) is 0 Å². The van der Waals surface area contributed by atoms with E-state index in [1.165, 1.54) is 58.0 Å².